The maximum Gasteiger partial charge on any atom is 0.221 e. The van der Waals surface area contributed by atoms with E-state index in [1.807, 2.05) is 65.7 Å². The van der Waals surface area contributed by atoms with E-state index in [1.165, 1.54) is 0 Å². The molecular formula is C19H19N2Y-. The van der Waals surface area contributed by atoms with Crippen molar-refractivity contribution in [1.82, 2.24) is 9.14 Å². The molecule has 1 aliphatic heterocycles. The number of allylic oxidation sites excluding steroid dienone is 3. The van der Waals surface area contributed by atoms with Crippen molar-refractivity contribution in [1.29, 1.82) is 0 Å². The molecule has 0 spiro atoms. The van der Waals surface area contributed by atoms with Crippen molar-refractivity contribution in [2.45, 2.75) is 20.7 Å². The van der Waals surface area contributed by atoms with Crippen LogP contribution in [0, 0.1) is 19.2 Å². The second kappa shape index (κ2) is 6.89. The Balaban J connectivity index is 0.00000225. The number of para-hydroxylation sites is 1. The van der Waals surface area contributed by atoms with Crippen LogP contribution in [0.15, 0.2) is 48.2 Å². The number of nitrogens with zero attached hydrogens (tertiary/aromatic N) is 2. The van der Waals surface area contributed by atoms with Gasteiger partial charge in [0.05, 0.1) is 13.2 Å². The van der Waals surface area contributed by atoms with Crippen LogP contribution in [0.4, 0.5) is 5.69 Å². The van der Waals surface area contributed by atoms with Gasteiger partial charge >= 0.3 is 0 Å². The quantitative estimate of drug-likeness (QED) is 0.540. The van der Waals surface area contributed by atoms with E-state index in [4.69, 9.17) is 4.11 Å². The third kappa shape index (κ3) is 2.82. The van der Waals surface area contributed by atoms with Gasteiger partial charge in [-0.2, -0.15) is 0 Å². The number of hydrogen-bond donors (Lipinski definition) is 0. The number of aromatic nitrogens is 1. The molecule has 3 heteroatoms. The topological polar surface area (TPSA) is 7.94 Å². The van der Waals surface area contributed by atoms with Crippen molar-refractivity contribution in [3.63, 3.8) is 0 Å². The van der Waals surface area contributed by atoms with E-state index < -0.39 is 6.85 Å². The molecule has 0 unspecified atom stereocenters. The van der Waals surface area contributed by atoms with Crippen LogP contribution < -0.4 is 10.1 Å². The Morgan fingerprint density at radius 1 is 1.27 bits per heavy atom. The van der Waals surface area contributed by atoms with Gasteiger partial charge in [-0.1, -0.05) is 18.2 Å². The van der Waals surface area contributed by atoms with Crippen LogP contribution in [0.2, 0.25) is 0 Å². The second-order valence-electron chi connectivity index (χ2n) is 5.09. The van der Waals surface area contributed by atoms with Crippen LogP contribution in [0.5, 0.6) is 0 Å². The first-order valence-corrected chi connectivity index (χ1v) is 6.88. The molecule has 0 bridgehead atoms. The van der Waals surface area contributed by atoms with Gasteiger partial charge < -0.3 is 10.7 Å². The zero-order chi connectivity index (χ0) is 17.5. The summed E-state index contributed by atoms with van der Waals surface area (Å²) in [5.41, 5.74) is 4.62. The Labute approximate surface area is 161 Å². The van der Waals surface area contributed by atoms with Gasteiger partial charge in [-0.3, -0.25) is 10.1 Å². The molecule has 2 aromatic rings. The predicted molar refractivity (Wildman–Crippen MR) is 86.3 cm³/mol. The van der Waals surface area contributed by atoms with Crippen molar-refractivity contribution in [3.05, 3.63) is 77.1 Å². The summed E-state index contributed by atoms with van der Waals surface area (Å²) >= 11 is 0. The molecule has 22 heavy (non-hydrogen) atoms. The number of hydrogen-bond acceptors (Lipinski definition) is 0. The SMILES string of the molecule is [2H]C([2H])([2H])C(=[C-]C)C1=[C-][N+](=c2ccccn2C)c2c(C)cccc21.[Y]. The molecule has 2 heterocycles. The maximum atomic E-state index is 7.81. The predicted octanol–water partition coefficient (Wildman–Crippen LogP) is 3.36. The molecule has 0 amide bonds. The molecule has 109 valence electrons. The second-order valence-corrected chi connectivity index (χ2v) is 5.09. The van der Waals surface area contributed by atoms with E-state index in [-0.39, 0.29) is 38.3 Å². The Morgan fingerprint density at radius 3 is 2.77 bits per heavy atom. The summed E-state index contributed by atoms with van der Waals surface area (Å²) in [7, 11) is 1.96. The van der Waals surface area contributed by atoms with E-state index in [0.717, 1.165) is 22.3 Å². The standard InChI is InChI=1S/C19H19N2.Y/c1-5-14(2)17-13-21(18-11-6-7-12-20(18)4)19-15(3)9-8-10-16(17)19;/h6-12H,1-4H3;/q-1;/i2D3;. The van der Waals surface area contributed by atoms with Crippen LogP contribution in [-0.4, -0.2) is 4.57 Å². The van der Waals surface area contributed by atoms with E-state index in [2.05, 4.69) is 12.3 Å². The van der Waals surface area contributed by atoms with Gasteiger partial charge in [0.25, 0.3) is 0 Å². The first-order chi connectivity index (χ1) is 11.3. The fourth-order valence-electron chi connectivity index (χ4n) is 2.62. The largest absolute Gasteiger partial charge is 0.317 e. The van der Waals surface area contributed by atoms with Crippen LogP contribution in [-0.2, 0) is 39.8 Å². The molecule has 2 nitrogen and oxygen atoms in total. The summed E-state index contributed by atoms with van der Waals surface area (Å²) in [4.78, 5) is 0. The van der Waals surface area contributed by atoms with Crippen molar-refractivity contribution >= 4 is 11.3 Å². The molecule has 0 aliphatic carbocycles. The van der Waals surface area contributed by atoms with Gasteiger partial charge in [-0.05, 0) is 30.8 Å². The molecule has 1 aromatic heterocycles. The summed E-state index contributed by atoms with van der Waals surface area (Å²) in [6, 6.07) is 11.8. The van der Waals surface area contributed by atoms with Crippen LogP contribution in [0.25, 0.3) is 5.57 Å². The minimum atomic E-state index is -2.23. The normalized spacial score (nSPS) is 18.6. The Hall–Kier alpha value is -1.25. The molecule has 0 saturated heterocycles. The molecule has 1 aromatic carbocycles. The molecule has 0 atom stereocenters. The van der Waals surface area contributed by atoms with E-state index in [0.29, 0.717) is 5.57 Å². The fourth-order valence-corrected chi connectivity index (χ4v) is 2.62. The average molecular weight is 367 g/mol. The zero-order valence-corrected chi connectivity index (χ0v) is 15.9. The van der Waals surface area contributed by atoms with Crippen molar-refractivity contribution < 1.29 is 36.8 Å². The maximum absolute atomic E-state index is 7.81. The Bertz CT molecular complexity index is 934. The molecule has 1 radical (unpaired) electrons. The van der Waals surface area contributed by atoms with Crippen LogP contribution >= 0.6 is 0 Å². The van der Waals surface area contributed by atoms with Crippen molar-refractivity contribution in [2.75, 3.05) is 0 Å². The number of aryl methyl sites for hydroxylation is 2. The van der Waals surface area contributed by atoms with E-state index >= 15 is 0 Å². The molecule has 0 N–H and O–H groups in total. The summed E-state index contributed by atoms with van der Waals surface area (Å²) in [6.45, 7) is 1.43. The van der Waals surface area contributed by atoms with E-state index in [1.54, 1.807) is 6.92 Å². The minimum absolute atomic E-state index is 0. The molecule has 0 fully saturated rings. The number of pyridine rings is 1. The van der Waals surface area contributed by atoms with Gasteiger partial charge in [-0.25, -0.2) is 5.57 Å². The molecule has 0 saturated carbocycles. The van der Waals surface area contributed by atoms with Gasteiger partial charge in [0, 0.05) is 42.5 Å². The summed E-state index contributed by atoms with van der Waals surface area (Å²) in [5, 5.41) is 0. The van der Waals surface area contributed by atoms with Crippen LogP contribution in [0.3, 0.4) is 0 Å². The first-order valence-electron chi connectivity index (χ1n) is 8.38. The summed E-state index contributed by atoms with van der Waals surface area (Å²) in [5.74, 6) is 0. The minimum Gasteiger partial charge on any atom is -0.317 e. The Kier molecular flexibility index (Phi) is 4.14. The first kappa shape index (κ1) is 13.2. The fraction of sp³-hybridized carbons (Fsp3) is 0.211. The zero-order valence-electron chi connectivity index (χ0n) is 16.0. The van der Waals surface area contributed by atoms with Crippen LogP contribution in [0.1, 0.15) is 29.0 Å². The van der Waals surface area contributed by atoms with E-state index in [9.17, 15) is 0 Å². The number of fused-ring (bicyclic) bond motifs is 1. The summed E-state index contributed by atoms with van der Waals surface area (Å²) in [6.07, 6.45) is 8.09. The van der Waals surface area contributed by atoms with Crippen molar-refractivity contribution in [2.24, 2.45) is 7.05 Å². The summed E-state index contributed by atoms with van der Waals surface area (Å²) < 4.78 is 27.4. The van der Waals surface area contributed by atoms with Gasteiger partial charge in [0.15, 0.2) is 0 Å². The van der Waals surface area contributed by atoms with Gasteiger partial charge in [0.1, 0.15) is 0 Å². The Morgan fingerprint density at radius 2 is 2.09 bits per heavy atom. The third-order valence-corrected chi connectivity index (χ3v) is 3.71. The smallest absolute Gasteiger partial charge is 0.221 e. The van der Waals surface area contributed by atoms with Crippen molar-refractivity contribution in [3.8, 4) is 0 Å². The molecule has 1 aliphatic rings. The average Bonchev–Trinajstić information content (AvgIpc) is 2.88. The van der Waals surface area contributed by atoms with Gasteiger partial charge in [0.2, 0.25) is 5.49 Å². The monoisotopic (exact) mass is 367 g/mol. The van der Waals surface area contributed by atoms with Gasteiger partial charge in [-0.15, -0.1) is 25.4 Å². The number of rotatable bonds is 1. The number of benzene rings is 1. The molecule has 3 rings (SSSR count). The third-order valence-electron chi connectivity index (χ3n) is 3.71. The molecular weight excluding hydrogens is 345 g/mol.